The summed E-state index contributed by atoms with van der Waals surface area (Å²) >= 11 is 0. The van der Waals surface area contributed by atoms with E-state index in [9.17, 15) is 54.9 Å². The van der Waals surface area contributed by atoms with Crippen molar-refractivity contribution in [1.29, 1.82) is 0 Å². The smallest absolute Gasteiger partial charge is 0.433 e. The topological polar surface area (TPSA) is 192 Å². The van der Waals surface area contributed by atoms with Crippen LogP contribution < -0.4 is 9.47 Å². The van der Waals surface area contributed by atoms with E-state index in [4.69, 9.17) is 9.47 Å². The Labute approximate surface area is 464 Å². The van der Waals surface area contributed by atoms with E-state index in [1.54, 1.807) is 62.4 Å². The largest absolute Gasteiger partial charge is 0.481 e. The summed E-state index contributed by atoms with van der Waals surface area (Å²) in [5.41, 5.74) is -1.64. The minimum Gasteiger partial charge on any atom is -0.481 e. The van der Waals surface area contributed by atoms with Crippen LogP contribution in [0.25, 0.3) is 33.8 Å². The summed E-state index contributed by atoms with van der Waals surface area (Å²) < 4.78 is 126. The molecule has 8 heterocycles. The lowest BCUT2D eigenvalue weighted by Gasteiger charge is -2.43. The minimum absolute atomic E-state index is 0.0167. The van der Waals surface area contributed by atoms with Gasteiger partial charge in [0, 0.05) is 109 Å². The standard InChI is InChI=1S/2C28H28F4N6O3/c2*1-16-14-36(22(15-39)19-6-4-5-7-21(19)29)10-11-37(16)27(40)20-13-34-38-25(28(30,31)32)17(2)24(35-26(20)38)18-8-9-23(41-3)33-12-18/h2*4-9,12-13,16,22,39H,10-11,14-15H2,1-3H3/t16-,22+;16-,22-/m11/s1. The number of hydrogen-bond acceptors (Lipinski definition) is 14. The average Bonchev–Trinajstić information content (AvgIpc) is 3.93. The second-order valence-electron chi connectivity index (χ2n) is 19.8. The fourth-order valence-electron chi connectivity index (χ4n) is 10.7. The Kier molecular flexibility index (Phi) is 16.9. The van der Waals surface area contributed by atoms with Gasteiger partial charge in [-0.1, -0.05) is 36.4 Å². The highest BCUT2D eigenvalue weighted by molar-refractivity contribution is 6.01. The fraction of sp³-hybridized carbons (Fsp3) is 0.357. The lowest BCUT2D eigenvalue weighted by atomic mass is 10.0. The number of methoxy groups -OCH3 is 2. The first-order valence-electron chi connectivity index (χ1n) is 25.8. The number of alkyl halides is 6. The van der Waals surface area contributed by atoms with Crippen molar-refractivity contribution < 1.29 is 64.4 Å². The number of hydrogen-bond donors (Lipinski definition) is 2. The Morgan fingerprint density at radius 3 is 1.27 bits per heavy atom. The van der Waals surface area contributed by atoms with Crippen LogP contribution in [0.5, 0.6) is 11.8 Å². The summed E-state index contributed by atoms with van der Waals surface area (Å²) in [7, 11) is 2.85. The van der Waals surface area contributed by atoms with Gasteiger partial charge < -0.3 is 29.5 Å². The number of carbonyl (C=O) groups is 2. The van der Waals surface area contributed by atoms with E-state index < -0.39 is 71.4 Å². The molecular weight excluding hydrogens is 1090 g/mol. The lowest BCUT2D eigenvalue weighted by Crippen LogP contribution is -2.55. The first-order chi connectivity index (χ1) is 39.1. The summed E-state index contributed by atoms with van der Waals surface area (Å²) in [6.07, 6.45) is -4.64. The third kappa shape index (κ3) is 11.4. The molecular formula is C56H56F8N12O6. The molecule has 82 heavy (non-hydrogen) atoms. The molecule has 0 radical (unpaired) electrons. The van der Waals surface area contributed by atoms with Gasteiger partial charge in [-0.05, 0) is 52.0 Å². The summed E-state index contributed by atoms with van der Waals surface area (Å²) in [6.45, 7) is 7.21. The molecule has 18 nitrogen and oxygen atoms in total. The number of halogens is 8. The Morgan fingerprint density at radius 1 is 0.585 bits per heavy atom. The summed E-state index contributed by atoms with van der Waals surface area (Å²) in [4.78, 5) is 51.4. The maximum Gasteiger partial charge on any atom is 0.433 e. The maximum absolute atomic E-state index is 14.4. The molecule has 8 aromatic rings. The van der Waals surface area contributed by atoms with Crippen LogP contribution in [0.3, 0.4) is 0 Å². The van der Waals surface area contributed by atoms with E-state index in [-0.39, 0.29) is 83.0 Å². The van der Waals surface area contributed by atoms with E-state index in [2.05, 4.69) is 30.1 Å². The van der Waals surface area contributed by atoms with Crippen molar-refractivity contribution >= 4 is 23.1 Å². The number of piperazine rings is 2. The number of fused-ring (bicyclic) bond motifs is 2. The molecule has 0 aliphatic carbocycles. The van der Waals surface area contributed by atoms with E-state index in [0.717, 1.165) is 12.4 Å². The van der Waals surface area contributed by atoms with E-state index in [0.29, 0.717) is 57.5 Å². The SMILES string of the molecule is COc1ccc(-c2nc3c(C(=O)N4CCN([C@@H](CO)c5ccccc5F)C[C@H]4C)cnn3c(C(F)(F)F)c2C)cn1.COc1ccc(-c2nc3c(C(=O)N4CCN([C@H](CO)c5ccccc5F)C[C@H]4C)cnn3c(C(F)(F)F)c2C)cn1. The number of aliphatic hydroxyl groups is 2. The Bertz CT molecular complexity index is 3380. The third-order valence-electron chi connectivity index (χ3n) is 14.8. The second-order valence-corrected chi connectivity index (χ2v) is 19.8. The van der Waals surface area contributed by atoms with Gasteiger partial charge in [0.2, 0.25) is 11.8 Å². The molecule has 2 aliphatic rings. The number of carbonyl (C=O) groups excluding carboxylic acids is 2. The molecule has 0 bridgehead atoms. The third-order valence-corrected chi connectivity index (χ3v) is 14.8. The van der Waals surface area contributed by atoms with Crippen molar-refractivity contribution in [3.05, 3.63) is 154 Å². The van der Waals surface area contributed by atoms with Crippen molar-refractivity contribution in [2.45, 2.75) is 64.2 Å². The van der Waals surface area contributed by atoms with E-state index in [1.807, 2.05) is 9.80 Å². The molecule has 2 saturated heterocycles. The van der Waals surface area contributed by atoms with Crippen LogP contribution in [0.15, 0.2) is 97.6 Å². The lowest BCUT2D eigenvalue weighted by molar-refractivity contribution is -0.144. The molecule has 0 saturated carbocycles. The fourth-order valence-corrected chi connectivity index (χ4v) is 10.7. The molecule has 6 aromatic heterocycles. The Balaban J connectivity index is 0.000000198. The number of aromatic nitrogens is 8. The van der Waals surface area contributed by atoms with Gasteiger partial charge in [0.1, 0.15) is 22.8 Å². The quantitative estimate of drug-likeness (QED) is 0.111. The number of rotatable bonds is 12. The van der Waals surface area contributed by atoms with Crippen LogP contribution in [0.2, 0.25) is 0 Å². The van der Waals surface area contributed by atoms with Crippen LogP contribution in [0.1, 0.15) is 80.3 Å². The van der Waals surface area contributed by atoms with Gasteiger partial charge in [-0.2, -0.15) is 36.5 Å². The van der Waals surface area contributed by atoms with E-state index >= 15 is 0 Å². The van der Waals surface area contributed by atoms with Crippen molar-refractivity contribution in [2.75, 3.05) is 66.7 Å². The molecule has 2 aromatic carbocycles. The zero-order chi connectivity index (χ0) is 58.9. The summed E-state index contributed by atoms with van der Waals surface area (Å²) in [5, 5.41) is 27.9. The van der Waals surface area contributed by atoms with Crippen molar-refractivity contribution in [3.8, 4) is 34.3 Å². The average molecular weight is 1150 g/mol. The molecule has 2 fully saturated rings. The van der Waals surface area contributed by atoms with Crippen LogP contribution in [0.4, 0.5) is 35.1 Å². The zero-order valence-electron chi connectivity index (χ0n) is 45.1. The zero-order valence-corrected chi connectivity index (χ0v) is 45.1. The van der Waals surface area contributed by atoms with Gasteiger partial charge in [0.15, 0.2) is 22.7 Å². The number of nitrogens with zero attached hydrogens (tertiary/aromatic N) is 12. The Morgan fingerprint density at radius 2 is 0.963 bits per heavy atom. The van der Waals surface area contributed by atoms with Gasteiger partial charge >= 0.3 is 12.4 Å². The van der Waals surface area contributed by atoms with Gasteiger partial charge in [-0.15, -0.1) is 0 Å². The summed E-state index contributed by atoms with van der Waals surface area (Å²) in [6, 6.07) is 16.5. The predicted octanol–water partition coefficient (Wildman–Crippen LogP) is 8.29. The predicted molar refractivity (Wildman–Crippen MR) is 282 cm³/mol. The normalized spacial score (nSPS) is 17.2. The summed E-state index contributed by atoms with van der Waals surface area (Å²) in [5.74, 6) is -1.35. The minimum atomic E-state index is -4.78. The highest BCUT2D eigenvalue weighted by atomic mass is 19.4. The highest BCUT2D eigenvalue weighted by Crippen LogP contribution is 2.39. The number of amides is 2. The molecule has 4 atom stereocenters. The van der Waals surface area contributed by atoms with Gasteiger partial charge in [-0.3, -0.25) is 19.4 Å². The van der Waals surface area contributed by atoms with Gasteiger partial charge in [-0.25, -0.2) is 37.7 Å². The number of aliphatic hydroxyl groups excluding tert-OH is 2. The van der Waals surface area contributed by atoms with E-state index in [1.165, 1.54) is 74.5 Å². The molecule has 432 valence electrons. The number of pyridine rings is 2. The van der Waals surface area contributed by atoms with Gasteiger partial charge in [0.05, 0.1) is 63.3 Å². The number of benzene rings is 2. The Hall–Kier alpha value is -8.20. The maximum atomic E-state index is 14.4. The molecule has 10 rings (SSSR count). The van der Waals surface area contributed by atoms with Crippen molar-refractivity contribution in [1.82, 2.24) is 58.8 Å². The second kappa shape index (κ2) is 23.7. The molecule has 2 amide bonds. The van der Waals surface area contributed by atoms with Crippen molar-refractivity contribution in [3.63, 3.8) is 0 Å². The molecule has 0 unspecified atom stereocenters. The van der Waals surface area contributed by atoms with Crippen LogP contribution >= 0.6 is 0 Å². The van der Waals surface area contributed by atoms with Crippen LogP contribution in [0, 0.1) is 25.5 Å². The van der Waals surface area contributed by atoms with Crippen LogP contribution in [-0.2, 0) is 12.4 Å². The first-order valence-corrected chi connectivity index (χ1v) is 25.8. The van der Waals surface area contributed by atoms with Crippen LogP contribution in [-0.4, -0.2) is 160 Å². The van der Waals surface area contributed by atoms with Gasteiger partial charge in [0.25, 0.3) is 11.8 Å². The molecule has 2 N–H and O–H groups in total. The molecule has 0 spiro atoms. The molecule has 26 heteroatoms. The van der Waals surface area contributed by atoms with Crippen molar-refractivity contribution in [2.24, 2.45) is 0 Å². The molecule has 2 aliphatic heterocycles. The number of ether oxygens (including phenoxy) is 2. The monoisotopic (exact) mass is 1140 g/mol. The first kappa shape index (κ1) is 58.5. The highest BCUT2D eigenvalue weighted by Gasteiger charge is 2.42.